The minimum absolute atomic E-state index is 0. The zero-order valence-electron chi connectivity index (χ0n) is 8.06. The van der Waals surface area contributed by atoms with Crippen LogP contribution >= 0.6 is 0 Å². The van der Waals surface area contributed by atoms with E-state index in [2.05, 4.69) is 0 Å². The number of carboxylic acid groups (broad SMARTS) is 4. The van der Waals surface area contributed by atoms with Gasteiger partial charge in [-0.1, -0.05) is 0 Å². The Balaban J connectivity index is -0.0000000213. The van der Waals surface area contributed by atoms with Crippen LogP contribution in [0.3, 0.4) is 0 Å². The first-order valence-electron chi connectivity index (χ1n) is 2.58. The number of rotatable bonds is 0. The average Bonchev–Trinajstić information content (AvgIpc) is 2.24. The van der Waals surface area contributed by atoms with Gasteiger partial charge in [0.25, 0.3) is 0 Å². The Morgan fingerprint density at radius 3 is 0.579 bits per heavy atom. The molecule has 0 fully saturated rings. The number of carboxylic acids is 4. The predicted molar refractivity (Wildman–Crippen MR) is 30.0 cm³/mol. The maximum absolute atomic E-state index is 8.93. The Morgan fingerprint density at radius 1 is 0.526 bits per heavy atom. The molecule has 3 radical (unpaired) electrons. The summed E-state index contributed by atoms with van der Waals surface area (Å²) >= 11 is 0. The molecule has 0 aliphatic carbocycles. The molecule has 0 aliphatic rings. The van der Waals surface area contributed by atoms with Crippen LogP contribution < -0.4 is 20.4 Å². The van der Waals surface area contributed by atoms with E-state index in [1.165, 1.54) is 0 Å². The van der Waals surface area contributed by atoms with Gasteiger partial charge >= 0.3 is 51.2 Å². The van der Waals surface area contributed by atoms with Crippen molar-refractivity contribution < 1.29 is 90.8 Å². The smallest absolute Gasteiger partial charge is 0.543 e. The Labute approximate surface area is 138 Å². The number of carbonyl (C=O) groups excluding carboxylic acids is 4. The summed E-state index contributed by atoms with van der Waals surface area (Å²) in [6, 6.07) is 0. The molecule has 0 N–H and O–H groups in total. The SMILES string of the molecule is O=C([O-])C(=O)[O-].O=C([O-])C(=O)[O-].[C-]#N.[C-]#N.[Cu+2].[Cu+2].[Cu+2]. The molecule has 0 aromatic heterocycles. The summed E-state index contributed by atoms with van der Waals surface area (Å²) in [5.74, 6) is -8.74. The van der Waals surface area contributed by atoms with E-state index in [1.807, 2.05) is 0 Å². The molecule has 0 rings (SSSR count). The van der Waals surface area contributed by atoms with Crippen LogP contribution in [0.1, 0.15) is 0 Å². The van der Waals surface area contributed by atoms with Gasteiger partial charge in [0, 0.05) is 0 Å². The molecule has 0 amide bonds. The first-order valence-corrected chi connectivity index (χ1v) is 2.58. The van der Waals surface area contributed by atoms with Crippen molar-refractivity contribution in [1.29, 1.82) is 10.5 Å². The number of carbonyl (C=O) groups is 4. The number of nitrogens with zero attached hydrogens (tertiary/aromatic N) is 2. The largest absolute Gasteiger partial charge is 2.00 e. The second-order valence-electron chi connectivity index (χ2n) is 1.15. The summed E-state index contributed by atoms with van der Waals surface area (Å²) in [6.45, 7) is 9.50. The predicted octanol–water partition coefficient (Wildman–Crippen LogP) is -6.84. The van der Waals surface area contributed by atoms with Crippen LogP contribution in [0.2, 0.25) is 0 Å². The molecule has 0 heterocycles. The zero-order valence-corrected chi connectivity index (χ0v) is 10.9. The van der Waals surface area contributed by atoms with Gasteiger partial charge in [0.15, 0.2) is 0 Å². The van der Waals surface area contributed by atoms with Gasteiger partial charge in [0.05, 0.1) is 23.9 Å². The van der Waals surface area contributed by atoms with Gasteiger partial charge in [-0.15, -0.1) is 0 Å². The fourth-order valence-corrected chi connectivity index (χ4v) is 0. The summed E-state index contributed by atoms with van der Waals surface area (Å²) in [7, 11) is 0. The van der Waals surface area contributed by atoms with E-state index in [4.69, 9.17) is 63.3 Å². The third kappa shape index (κ3) is 82.9. The Morgan fingerprint density at radius 2 is 0.579 bits per heavy atom. The van der Waals surface area contributed by atoms with Crippen molar-refractivity contribution in [2.24, 2.45) is 0 Å². The van der Waals surface area contributed by atoms with E-state index in [9.17, 15) is 0 Å². The van der Waals surface area contributed by atoms with Crippen molar-refractivity contribution in [1.82, 2.24) is 0 Å². The van der Waals surface area contributed by atoms with Crippen molar-refractivity contribution in [2.45, 2.75) is 0 Å². The van der Waals surface area contributed by atoms with Gasteiger partial charge in [0.1, 0.15) is 0 Å². The maximum Gasteiger partial charge on any atom is 2.00 e. The molecule has 0 spiro atoms. The van der Waals surface area contributed by atoms with E-state index in [0.29, 0.717) is 0 Å². The Bertz CT molecular complexity index is 249. The summed E-state index contributed by atoms with van der Waals surface area (Å²) in [5, 5.41) is 48.2. The molecule has 0 aromatic carbocycles. The van der Waals surface area contributed by atoms with Crippen LogP contribution in [-0.2, 0) is 70.4 Å². The van der Waals surface area contributed by atoms with Crippen LogP contribution in [0.5, 0.6) is 0 Å². The molecule has 13 heteroatoms. The summed E-state index contributed by atoms with van der Waals surface area (Å²) in [4.78, 5) is 35.7. The normalized spacial score (nSPS) is 4.84. The summed E-state index contributed by atoms with van der Waals surface area (Å²) < 4.78 is 0. The van der Waals surface area contributed by atoms with Crippen LogP contribution in [0.25, 0.3) is 0 Å². The van der Waals surface area contributed by atoms with Crippen LogP contribution in [0, 0.1) is 23.7 Å². The van der Waals surface area contributed by atoms with Crippen LogP contribution in [-0.4, -0.2) is 23.9 Å². The fraction of sp³-hybridized carbons (Fsp3) is 0. The van der Waals surface area contributed by atoms with Gasteiger partial charge in [0.2, 0.25) is 0 Å². The fourth-order valence-electron chi connectivity index (χ4n) is 0. The van der Waals surface area contributed by atoms with Crippen molar-refractivity contribution in [3.63, 3.8) is 0 Å². The second kappa shape index (κ2) is 36.0. The molecule has 0 unspecified atom stereocenters. The number of hydrogen-bond acceptors (Lipinski definition) is 10. The first kappa shape index (κ1) is 43.3. The van der Waals surface area contributed by atoms with Gasteiger partial charge in [-0.3, -0.25) is 0 Å². The molecular weight excluding hydrogens is 419 g/mol. The van der Waals surface area contributed by atoms with E-state index >= 15 is 0 Å². The topological polar surface area (TPSA) is 208 Å². The molecule has 0 atom stereocenters. The van der Waals surface area contributed by atoms with Crippen molar-refractivity contribution >= 4 is 23.9 Å². The molecule has 0 saturated heterocycles. The monoisotopic (exact) mass is 417 g/mol. The molecule has 10 nitrogen and oxygen atoms in total. The average molecular weight is 419 g/mol. The van der Waals surface area contributed by atoms with Crippen molar-refractivity contribution in [2.75, 3.05) is 0 Å². The van der Waals surface area contributed by atoms with Gasteiger partial charge < -0.3 is 63.3 Å². The van der Waals surface area contributed by atoms with Gasteiger partial charge in [-0.2, -0.15) is 0 Å². The minimum Gasteiger partial charge on any atom is -0.543 e. The van der Waals surface area contributed by atoms with Gasteiger partial charge in [-0.25, -0.2) is 0 Å². The van der Waals surface area contributed by atoms with E-state index < -0.39 is 23.9 Å². The van der Waals surface area contributed by atoms with Gasteiger partial charge in [-0.05, 0) is 0 Å². The molecule has 0 aliphatic heterocycles. The van der Waals surface area contributed by atoms with Crippen molar-refractivity contribution in [3.8, 4) is 0 Å². The Hall–Kier alpha value is -1.58. The molecule has 0 aromatic rings. The number of aliphatic carboxylic acids is 4. The molecular formula is C6Cu3N2O8. The second-order valence-corrected chi connectivity index (χ2v) is 1.15. The minimum atomic E-state index is -2.19. The van der Waals surface area contributed by atoms with E-state index in [1.54, 1.807) is 0 Å². The number of hydrogen-bond donors (Lipinski definition) is 0. The quantitative estimate of drug-likeness (QED) is 0.206. The molecule has 115 valence electrons. The van der Waals surface area contributed by atoms with Crippen LogP contribution in [0.15, 0.2) is 0 Å². The van der Waals surface area contributed by atoms with E-state index in [-0.39, 0.29) is 51.2 Å². The van der Waals surface area contributed by atoms with E-state index in [0.717, 1.165) is 0 Å². The molecule has 19 heavy (non-hydrogen) atoms. The summed E-state index contributed by atoms with van der Waals surface area (Å²) in [5.41, 5.74) is 0. The first-order chi connectivity index (χ1) is 7.29. The molecule has 0 bridgehead atoms. The third-order valence-corrected chi connectivity index (χ3v) is 0.333. The maximum atomic E-state index is 8.93. The third-order valence-electron chi connectivity index (χ3n) is 0.333. The van der Waals surface area contributed by atoms with Crippen molar-refractivity contribution in [3.05, 3.63) is 13.1 Å². The summed E-state index contributed by atoms with van der Waals surface area (Å²) in [6.07, 6.45) is 0. The standard InChI is InChI=1S/2C2H2O4.2CN.3Cu/c2*3-1(4)2(5)6;2*1-2;;;/h2*(H,3,4)(H,5,6);;;;;/q;;2*-1;3*+2/p-4. The Kier molecular flexibility index (Phi) is 81.9. The van der Waals surface area contributed by atoms with Crippen LogP contribution in [0.4, 0.5) is 0 Å². The zero-order chi connectivity index (χ0) is 14.3. The molecule has 0 saturated carbocycles.